The van der Waals surface area contributed by atoms with Gasteiger partial charge in [-0.1, -0.05) is 53.3 Å². The Morgan fingerprint density at radius 1 is 1.14 bits per heavy atom. The normalized spacial score (nSPS) is 24.9. The largest absolute Gasteiger partial charge is 0.507 e. The quantitative estimate of drug-likeness (QED) is 0.711. The van der Waals surface area contributed by atoms with Gasteiger partial charge >= 0.3 is 0 Å². The molecule has 0 aliphatic carbocycles. The van der Waals surface area contributed by atoms with Crippen LogP contribution in [-0.2, 0) is 20.7 Å². The van der Waals surface area contributed by atoms with Crippen LogP contribution in [0.25, 0.3) is 0 Å². The summed E-state index contributed by atoms with van der Waals surface area (Å²) in [5, 5.41) is 25.2. The van der Waals surface area contributed by atoms with Crippen LogP contribution in [0, 0.1) is 5.41 Å². The van der Waals surface area contributed by atoms with Crippen LogP contribution in [-0.4, -0.2) is 52.7 Å². The molecule has 1 aromatic rings. The molecule has 0 spiro atoms. The molecule has 0 saturated carbocycles. The molecule has 6 nitrogen and oxygen atoms in total. The maximum absolute atomic E-state index is 11.9. The van der Waals surface area contributed by atoms with Crippen molar-refractivity contribution in [3.8, 4) is 5.75 Å². The highest BCUT2D eigenvalue weighted by molar-refractivity contribution is 8.15. The van der Waals surface area contributed by atoms with Crippen molar-refractivity contribution in [2.24, 2.45) is 5.10 Å². The molecule has 2 aliphatic heterocycles. The number of hydrogen-bond donors (Lipinski definition) is 2. The maximum atomic E-state index is 11.9. The number of amidine groups is 1. The molecular weight excluding hydrogens is 394 g/mol. The second kappa shape index (κ2) is 6.76. The summed E-state index contributed by atoms with van der Waals surface area (Å²) < 4.78 is 23.9. The van der Waals surface area contributed by atoms with Gasteiger partial charge in [0.15, 0.2) is 15.0 Å². The lowest BCUT2D eigenvalue weighted by atomic mass is 9.78. The van der Waals surface area contributed by atoms with Crippen LogP contribution in [0.5, 0.6) is 5.75 Å². The molecule has 1 aromatic carbocycles. The fourth-order valence-corrected chi connectivity index (χ4v) is 7.34. The standard InChI is InChI=1S/C20H29N3O3S2/c1-19(2,3)13-7-12(8-14(17(13)24)20(4,5)6)9-22-23-15-10-28(25,26)11-16(15)27-18(23)21/h7-9,15-16,21,24H,10-11H2,1-6H3/t15-,16+/m1/s1. The van der Waals surface area contributed by atoms with Gasteiger partial charge < -0.3 is 5.11 Å². The molecule has 3 rings (SSSR count). The number of hydrazone groups is 1. The first-order chi connectivity index (χ1) is 12.7. The van der Waals surface area contributed by atoms with Crippen molar-refractivity contribution >= 4 is 33.0 Å². The summed E-state index contributed by atoms with van der Waals surface area (Å²) in [6.45, 7) is 12.3. The monoisotopic (exact) mass is 423 g/mol. The molecule has 154 valence electrons. The smallest absolute Gasteiger partial charge is 0.177 e. The number of thioether (sulfide) groups is 1. The fraction of sp³-hybridized carbons (Fsp3) is 0.600. The Labute approximate surface area is 171 Å². The second-order valence-corrected chi connectivity index (χ2v) is 13.0. The highest BCUT2D eigenvalue weighted by Crippen LogP contribution is 2.40. The van der Waals surface area contributed by atoms with Crippen molar-refractivity contribution in [3.05, 3.63) is 28.8 Å². The molecule has 2 fully saturated rings. The van der Waals surface area contributed by atoms with E-state index in [0.29, 0.717) is 5.75 Å². The summed E-state index contributed by atoms with van der Waals surface area (Å²) in [7, 11) is -3.07. The molecule has 0 unspecified atom stereocenters. The molecule has 2 heterocycles. The Hall–Kier alpha value is -1.54. The fourth-order valence-electron chi connectivity index (χ4n) is 3.63. The van der Waals surface area contributed by atoms with E-state index in [1.165, 1.54) is 16.8 Å². The minimum absolute atomic E-state index is 0.0421. The van der Waals surface area contributed by atoms with Gasteiger partial charge in [0.1, 0.15) is 5.75 Å². The van der Waals surface area contributed by atoms with Crippen LogP contribution in [0.2, 0.25) is 0 Å². The summed E-state index contributed by atoms with van der Waals surface area (Å²) in [6.07, 6.45) is 1.67. The molecule has 28 heavy (non-hydrogen) atoms. The second-order valence-electron chi connectivity index (χ2n) is 9.66. The van der Waals surface area contributed by atoms with Gasteiger partial charge in [-0.3, -0.25) is 5.41 Å². The molecule has 0 bridgehead atoms. The van der Waals surface area contributed by atoms with E-state index >= 15 is 0 Å². The number of nitrogens with zero attached hydrogens (tertiary/aromatic N) is 2. The third kappa shape index (κ3) is 4.08. The molecule has 2 saturated heterocycles. The van der Waals surface area contributed by atoms with Crippen LogP contribution in [0.4, 0.5) is 0 Å². The van der Waals surface area contributed by atoms with E-state index in [1.807, 2.05) is 12.1 Å². The highest BCUT2D eigenvalue weighted by atomic mass is 32.2. The van der Waals surface area contributed by atoms with Crippen molar-refractivity contribution in [2.75, 3.05) is 11.5 Å². The summed E-state index contributed by atoms with van der Waals surface area (Å²) in [6, 6.07) is 3.56. The highest BCUT2D eigenvalue weighted by Gasteiger charge is 2.48. The molecule has 2 aliphatic rings. The summed E-state index contributed by atoms with van der Waals surface area (Å²) >= 11 is 1.28. The van der Waals surface area contributed by atoms with E-state index in [9.17, 15) is 13.5 Å². The maximum Gasteiger partial charge on any atom is 0.177 e. The molecule has 0 aromatic heterocycles. The zero-order valence-electron chi connectivity index (χ0n) is 17.3. The summed E-state index contributed by atoms with van der Waals surface area (Å²) in [5.74, 6) is 0.460. The first kappa shape index (κ1) is 21.2. The summed E-state index contributed by atoms with van der Waals surface area (Å²) in [4.78, 5) is 0. The van der Waals surface area contributed by atoms with Crippen molar-refractivity contribution in [1.82, 2.24) is 5.01 Å². The first-order valence-electron chi connectivity index (χ1n) is 9.36. The van der Waals surface area contributed by atoms with E-state index in [4.69, 9.17) is 5.41 Å². The minimum Gasteiger partial charge on any atom is -0.507 e. The number of aromatic hydroxyl groups is 1. The minimum atomic E-state index is -3.07. The van der Waals surface area contributed by atoms with Gasteiger partial charge in [-0.05, 0) is 28.5 Å². The van der Waals surface area contributed by atoms with E-state index in [1.54, 1.807) is 6.21 Å². The van der Waals surface area contributed by atoms with Crippen molar-refractivity contribution in [3.63, 3.8) is 0 Å². The Balaban J connectivity index is 1.99. The van der Waals surface area contributed by atoms with E-state index in [0.717, 1.165) is 16.7 Å². The number of benzene rings is 1. The number of rotatable bonds is 2. The third-order valence-electron chi connectivity index (χ3n) is 5.14. The Kier molecular flexibility index (Phi) is 5.11. The van der Waals surface area contributed by atoms with Crippen LogP contribution in [0.15, 0.2) is 17.2 Å². The number of fused-ring (bicyclic) bond motifs is 1. The van der Waals surface area contributed by atoms with Crippen LogP contribution >= 0.6 is 11.8 Å². The van der Waals surface area contributed by atoms with Gasteiger partial charge in [0.25, 0.3) is 0 Å². The third-order valence-corrected chi connectivity index (χ3v) is 8.26. The molecular formula is C20H29N3O3S2. The average Bonchev–Trinajstić information content (AvgIpc) is 2.94. The van der Waals surface area contributed by atoms with Gasteiger partial charge in [-0.15, -0.1) is 0 Å². The summed E-state index contributed by atoms with van der Waals surface area (Å²) in [5.41, 5.74) is 2.03. The van der Waals surface area contributed by atoms with Crippen molar-refractivity contribution in [1.29, 1.82) is 5.41 Å². The zero-order valence-corrected chi connectivity index (χ0v) is 18.9. The molecule has 2 N–H and O–H groups in total. The Morgan fingerprint density at radius 2 is 1.68 bits per heavy atom. The Bertz CT molecular complexity index is 905. The van der Waals surface area contributed by atoms with Crippen molar-refractivity contribution in [2.45, 2.75) is 63.7 Å². The van der Waals surface area contributed by atoms with Gasteiger partial charge in [-0.25, -0.2) is 13.4 Å². The molecule has 8 heteroatoms. The van der Waals surface area contributed by atoms with Crippen LogP contribution in [0.1, 0.15) is 58.2 Å². The lowest BCUT2D eigenvalue weighted by Crippen LogP contribution is -2.32. The van der Waals surface area contributed by atoms with E-state index in [-0.39, 0.29) is 38.8 Å². The van der Waals surface area contributed by atoms with Gasteiger partial charge in [0.2, 0.25) is 0 Å². The molecule has 0 amide bonds. The number of phenols is 1. The first-order valence-corrected chi connectivity index (χ1v) is 12.1. The van der Waals surface area contributed by atoms with E-state index < -0.39 is 9.84 Å². The zero-order chi connectivity index (χ0) is 21.1. The van der Waals surface area contributed by atoms with Crippen LogP contribution < -0.4 is 0 Å². The topological polar surface area (TPSA) is 93.8 Å². The van der Waals surface area contributed by atoms with Gasteiger partial charge in [-0.2, -0.15) is 5.10 Å². The Morgan fingerprint density at radius 3 is 2.18 bits per heavy atom. The number of phenolic OH excluding ortho intramolecular Hbond substituents is 1. The number of hydrogen-bond acceptors (Lipinski definition) is 6. The predicted molar refractivity (Wildman–Crippen MR) is 116 cm³/mol. The SMILES string of the molecule is CC(C)(C)c1cc(C=NN2C(=N)S[C@H]3CS(=O)(=O)C[C@H]32)cc(C(C)(C)C)c1O. The predicted octanol–water partition coefficient (Wildman–Crippen LogP) is 3.47. The van der Waals surface area contributed by atoms with E-state index in [2.05, 4.69) is 46.6 Å². The number of nitrogens with one attached hydrogen (secondary N) is 1. The average molecular weight is 424 g/mol. The lowest BCUT2D eigenvalue weighted by molar-refractivity contribution is 0.376. The van der Waals surface area contributed by atoms with Crippen LogP contribution in [0.3, 0.4) is 0 Å². The molecule has 0 radical (unpaired) electrons. The van der Waals surface area contributed by atoms with Gasteiger partial charge in [0.05, 0.1) is 23.8 Å². The van der Waals surface area contributed by atoms with Crippen molar-refractivity contribution < 1.29 is 13.5 Å². The number of sulfone groups is 1. The van der Waals surface area contributed by atoms with Gasteiger partial charge in [0, 0.05) is 16.4 Å². The lowest BCUT2D eigenvalue weighted by Gasteiger charge is -2.28. The molecule has 2 atom stereocenters.